The number of sulfone groups is 1. The van der Waals surface area contributed by atoms with E-state index < -0.39 is 9.84 Å². The molecule has 1 aromatic rings. The summed E-state index contributed by atoms with van der Waals surface area (Å²) < 4.78 is 27.3. The van der Waals surface area contributed by atoms with Gasteiger partial charge in [0.1, 0.15) is 11.9 Å². The van der Waals surface area contributed by atoms with Crippen LogP contribution >= 0.6 is 11.6 Å². The van der Waals surface area contributed by atoms with Crippen molar-refractivity contribution < 1.29 is 18.3 Å². The highest BCUT2D eigenvalue weighted by Crippen LogP contribution is 2.28. The fourth-order valence-corrected chi connectivity index (χ4v) is 2.92. The van der Waals surface area contributed by atoms with E-state index in [2.05, 4.69) is 0 Å². The zero-order valence-corrected chi connectivity index (χ0v) is 9.96. The normalized spacial score (nSPS) is 19.1. The largest absolute Gasteiger partial charge is 0.487 e. The number of benzene rings is 1. The summed E-state index contributed by atoms with van der Waals surface area (Å²) in [7, 11) is -2.88. The summed E-state index contributed by atoms with van der Waals surface area (Å²) in [5.41, 5.74) is 0.693. The molecule has 0 aromatic heterocycles. The fraction of sp³-hybridized carbons (Fsp3) is 0.400. The lowest BCUT2D eigenvalue weighted by atomic mass is 10.2. The molecule has 0 aliphatic carbocycles. The molecule has 1 aromatic carbocycles. The molecule has 2 rings (SSSR count). The number of hydrogen-bond acceptors (Lipinski definition) is 4. The Hall–Kier alpha value is -0.780. The zero-order chi connectivity index (χ0) is 11.8. The van der Waals surface area contributed by atoms with Crippen LogP contribution in [0.4, 0.5) is 0 Å². The molecule has 1 N–H and O–H groups in total. The molecule has 0 saturated carbocycles. The Morgan fingerprint density at radius 1 is 1.44 bits per heavy atom. The van der Waals surface area contributed by atoms with E-state index in [1.165, 1.54) is 0 Å². The van der Waals surface area contributed by atoms with Crippen LogP contribution in [0.1, 0.15) is 5.56 Å². The van der Waals surface area contributed by atoms with Crippen LogP contribution in [0, 0.1) is 0 Å². The molecule has 0 bridgehead atoms. The fourth-order valence-electron chi connectivity index (χ4n) is 1.50. The van der Waals surface area contributed by atoms with Crippen LogP contribution < -0.4 is 4.74 Å². The molecule has 6 heteroatoms. The van der Waals surface area contributed by atoms with Crippen LogP contribution in [0.2, 0.25) is 5.02 Å². The van der Waals surface area contributed by atoms with Crippen molar-refractivity contribution >= 4 is 21.4 Å². The second-order valence-electron chi connectivity index (χ2n) is 3.74. The minimum atomic E-state index is -2.88. The lowest BCUT2D eigenvalue weighted by Gasteiger charge is -2.26. The first-order valence-electron chi connectivity index (χ1n) is 4.76. The van der Waals surface area contributed by atoms with Crippen LogP contribution in [0.15, 0.2) is 18.2 Å². The van der Waals surface area contributed by atoms with Crippen molar-refractivity contribution in [2.24, 2.45) is 0 Å². The highest BCUT2D eigenvalue weighted by molar-refractivity contribution is 7.92. The third-order valence-corrected chi connectivity index (χ3v) is 4.41. The summed E-state index contributed by atoms with van der Waals surface area (Å²) in [6.45, 7) is -0.0855. The Morgan fingerprint density at radius 2 is 2.12 bits per heavy atom. The van der Waals surface area contributed by atoms with E-state index in [1.54, 1.807) is 18.2 Å². The molecule has 0 amide bonds. The molecule has 1 heterocycles. The number of hydrogen-bond donors (Lipinski definition) is 1. The molecule has 1 aliphatic rings. The topological polar surface area (TPSA) is 63.6 Å². The Balaban J connectivity index is 2.06. The van der Waals surface area contributed by atoms with Crippen molar-refractivity contribution in [3.63, 3.8) is 0 Å². The number of rotatable bonds is 3. The van der Waals surface area contributed by atoms with E-state index in [0.29, 0.717) is 16.3 Å². The first-order valence-corrected chi connectivity index (χ1v) is 6.96. The van der Waals surface area contributed by atoms with Gasteiger partial charge < -0.3 is 9.84 Å². The molecular formula is C10H11ClO4S. The highest BCUT2D eigenvalue weighted by Gasteiger charge is 2.35. The van der Waals surface area contributed by atoms with Crippen LogP contribution in [0.3, 0.4) is 0 Å². The lowest BCUT2D eigenvalue weighted by molar-refractivity contribution is 0.230. The molecule has 1 saturated heterocycles. The molecule has 1 aliphatic heterocycles. The van der Waals surface area contributed by atoms with E-state index in [-0.39, 0.29) is 24.2 Å². The minimum Gasteiger partial charge on any atom is -0.487 e. The first-order chi connectivity index (χ1) is 7.50. The summed E-state index contributed by atoms with van der Waals surface area (Å²) in [4.78, 5) is 0. The average molecular weight is 263 g/mol. The van der Waals surface area contributed by atoms with Crippen LogP contribution in [-0.2, 0) is 16.4 Å². The molecule has 16 heavy (non-hydrogen) atoms. The first kappa shape index (κ1) is 11.7. The molecule has 0 unspecified atom stereocenters. The van der Waals surface area contributed by atoms with Gasteiger partial charge in [-0.1, -0.05) is 17.7 Å². The second kappa shape index (κ2) is 4.24. The second-order valence-corrected chi connectivity index (χ2v) is 6.30. The Morgan fingerprint density at radius 3 is 2.62 bits per heavy atom. The van der Waals surface area contributed by atoms with Crippen molar-refractivity contribution in [1.82, 2.24) is 0 Å². The van der Waals surface area contributed by atoms with Gasteiger partial charge in [0.25, 0.3) is 0 Å². The van der Waals surface area contributed by atoms with Gasteiger partial charge in [0.15, 0.2) is 9.84 Å². The highest BCUT2D eigenvalue weighted by atomic mass is 35.5. The SMILES string of the molecule is O=S1(=O)CC(Oc2ccc(CO)cc2Cl)C1. The van der Waals surface area contributed by atoms with Crippen LogP contribution in [0.25, 0.3) is 0 Å². The van der Waals surface area contributed by atoms with Gasteiger partial charge in [-0.3, -0.25) is 0 Å². The summed E-state index contributed by atoms with van der Waals surface area (Å²) >= 11 is 5.92. The van der Waals surface area contributed by atoms with Gasteiger partial charge in [0, 0.05) is 0 Å². The molecule has 0 radical (unpaired) electrons. The van der Waals surface area contributed by atoms with Crippen molar-refractivity contribution in [3.8, 4) is 5.75 Å². The molecule has 0 atom stereocenters. The van der Waals surface area contributed by atoms with Crippen molar-refractivity contribution in [1.29, 1.82) is 0 Å². The maximum atomic E-state index is 10.9. The third kappa shape index (κ3) is 2.48. The van der Waals surface area contributed by atoms with Crippen molar-refractivity contribution in [3.05, 3.63) is 28.8 Å². The van der Waals surface area contributed by atoms with Crippen LogP contribution in [-0.4, -0.2) is 31.1 Å². The van der Waals surface area contributed by atoms with Gasteiger partial charge in [0.05, 0.1) is 23.1 Å². The van der Waals surface area contributed by atoms with Crippen molar-refractivity contribution in [2.45, 2.75) is 12.7 Å². The lowest BCUT2D eigenvalue weighted by Crippen LogP contribution is -2.45. The number of halogens is 1. The van der Waals surface area contributed by atoms with E-state index in [4.69, 9.17) is 21.4 Å². The van der Waals surface area contributed by atoms with Crippen LogP contribution in [0.5, 0.6) is 5.75 Å². The summed E-state index contributed by atoms with van der Waals surface area (Å²) in [6.07, 6.45) is -0.303. The van der Waals surface area contributed by atoms with E-state index in [1.807, 2.05) is 0 Å². The van der Waals surface area contributed by atoms with Gasteiger partial charge >= 0.3 is 0 Å². The summed E-state index contributed by atoms with van der Waals surface area (Å²) in [5, 5.41) is 9.27. The Kier molecular flexibility index (Phi) is 3.10. The quantitative estimate of drug-likeness (QED) is 0.883. The average Bonchev–Trinajstić information content (AvgIpc) is 2.18. The predicted molar refractivity (Wildman–Crippen MR) is 60.4 cm³/mol. The number of aliphatic hydroxyl groups excluding tert-OH is 1. The van der Waals surface area contributed by atoms with Gasteiger partial charge in [-0.2, -0.15) is 0 Å². The monoisotopic (exact) mass is 262 g/mol. The predicted octanol–water partition coefficient (Wildman–Crippen LogP) is 1.01. The maximum Gasteiger partial charge on any atom is 0.157 e. The third-order valence-electron chi connectivity index (χ3n) is 2.35. The molecule has 1 fully saturated rings. The van der Waals surface area contributed by atoms with Gasteiger partial charge in [0.2, 0.25) is 0 Å². The molecule has 0 spiro atoms. The Labute approximate surface area is 98.7 Å². The Bertz CT molecular complexity index is 486. The van der Waals surface area contributed by atoms with E-state index >= 15 is 0 Å². The number of ether oxygens (including phenoxy) is 1. The maximum absolute atomic E-state index is 10.9. The zero-order valence-electron chi connectivity index (χ0n) is 8.39. The number of aliphatic hydroxyl groups is 1. The molecule has 88 valence electrons. The van der Waals surface area contributed by atoms with Gasteiger partial charge in [-0.15, -0.1) is 0 Å². The molecular weight excluding hydrogens is 252 g/mol. The minimum absolute atomic E-state index is 0.0467. The smallest absolute Gasteiger partial charge is 0.157 e. The van der Waals surface area contributed by atoms with Crippen molar-refractivity contribution in [2.75, 3.05) is 11.5 Å². The van der Waals surface area contributed by atoms with E-state index in [9.17, 15) is 8.42 Å². The van der Waals surface area contributed by atoms with Gasteiger partial charge in [-0.25, -0.2) is 8.42 Å². The van der Waals surface area contributed by atoms with E-state index in [0.717, 1.165) is 0 Å². The molecule has 4 nitrogen and oxygen atoms in total. The summed E-state index contributed by atoms with van der Waals surface area (Å²) in [6, 6.07) is 4.93. The summed E-state index contributed by atoms with van der Waals surface area (Å²) in [5.74, 6) is 0.551. The standard InChI is InChI=1S/C10H11ClO4S/c11-9-3-7(4-12)1-2-10(9)15-8-5-16(13,14)6-8/h1-3,8,12H,4-6H2. The van der Waals surface area contributed by atoms with Gasteiger partial charge in [-0.05, 0) is 17.7 Å².